The Morgan fingerprint density at radius 3 is 1.10 bits per heavy atom. The van der Waals surface area contributed by atoms with Crippen LogP contribution in [0.15, 0.2) is 58.5 Å². The third kappa shape index (κ3) is 21.7. The van der Waals surface area contributed by atoms with Crippen molar-refractivity contribution in [3.8, 4) is 11.5 Å². The molecule has 0 N–H and O–H groups in total. The van der Waals surface area contributed by atoms with Crippen molar-refractivity contribution in [1.29, 1.82) is 0 Å². The van der Waals surface area contributed by atoms with Gasteiger partial charge in [-0.2, -0.15) is 0 Å². The Bertz CT molecular complexity index is 1630. The van der Waals surface area contributed by atoms with Crippen LogP contribution in [-0.4, -0.2) is 11.4 Å². The van der Waals surface area contributed by atoms with E-state index in [0.717, 1.165) is 93.1 Å². The monoisotopic (exact) mass is 865 g/mol. The van der Waals surface area contributed by atoms with Crippen LogP contribution in [0.3, 0.4) is 0 Å². The normalized spacial score (nSPS) is 11.7. The molecule has 60 heavy (non-hydrogen) atoms. The number of aliphatic imine (C=N–C) groups is 2. The van der Waals surface area contributed by atoms with Gasteiger partial charge in [0.2, 0.25) is 0 Å². The minimum absolute atomic E-state index is 0. The zero-order valence-electron chi connectivity index (χ0n) is 39.7. The fraction of sp³-hybridized carbons (Fsp3) is 0.636. The summed E-state index contributed by atoms with van der Waals surface area (Å²) in [5, 5.41) is 22.8. The molecule has 0 amide bonds. The minimum atomic E-state index is -0.352. The standard InChI is InChI=1S/C40H64N2.C15H24O2.Ni/c1-7-13-15-17-18-20-26-40(42-38-30-28-34(22-10-4)36(32-38)24-12-6)39(25-19-16-14-8-2)41-37-29-27-33(21-9-3)35(31-37)23-11-5;1-3-5-7-9-13-11-15(17)14(16)10-12(13)8-6-4-2;/h27-32H,7-26H2,1-6H3;10-11,16-17H,3-9H2,1-2H3;/q;;+2/p-2. The van der Waals surface area contributed by atoms with Crippen molar-refractivity contribution in [2.75, 3.05) is 0 Å². The maximum Gasteiger partial charge on any atom is 2.00 e. The molecule has 0 atom stereocenters. The summed E-state index contributed by atoms with van der Waals surface area (Å²) in [7, 11) is 0. The molecule has 4 nitrogen and oxygen atoms in total. The summed E-state index contributed by atoms with van der Waals surface area (Å²) in [5.74, 6) is -0.702. The number of unbranched alkanes of at least 4 members (excludes halogenated alkanes) is 11. The number of hydrogen-bond donors (Lipinski definition) is 0. The molecule has 0 aromatic heterocycles. The van der Waals surface area contributed by atoms with Gasteiger partial charge in [0.1, 0.15) is 0 Å². The molecule has 0 saturated carbocycles. The molecule has 0 bridgehead atoms. The van der Waals surface area contributed by atoms with Crippen molar-refractivity contribution in [1.82, 2.24) is 0 Å². The van der Waals surface area contributed by atoms with Crippen molar-refractivity contribution >= 4 is 22.8 Å². The molecular formula is C55H86N2NiO2. The van der Waals surface area contributed by atoms with Gasteiger partial charge in [0.15, 0.2) is 0 Å². The predicted octanol–water partition coefficient (Wildman–Crippen LogP) is 16.0. The molecule has 0 aliphatic rings. The van der Waals surface area contributed by atoms with Crippen molar-refractivity contribution < 1.29 is 26.7 Å². The third-order valence-electron chi connectivity index (χ3n) is 11.5. The average molecular weight is 866 g/mol. The predicted molar refractivity (Wildman–Crippen MR) is 257 cm³/mol. The van der Waals surface area contributed by atoms with Crippen LogP contribution < -0.4 is 10.2 Å². The van der Waals surface area contributed by atoms with E-state index in [1.54, 1.807) is 12.1 Å². The first kappa shape index (κ1) is 55.1. The molecule has 0 aliphatic heterocycles. The van der Waals surface area contributed by atoms with E-state index in [1.165, 1.54) is 136 Å². The van der Waals surface area contributed by atoms with E-state index in [9.17, 15) is 10.2 Å². The fourth-order valence-electron chi connectivity index (χ4n) is 8.07. The van der Waals surface area contributed by atoms with Gasteiger partial charge in [-0.1, -0.05) is 176 Å². The third-order valence-corrected chi connectivity index (χ3v) is 11.5. The Morgan fingerprint density at radius 2 is 0.683 bits per heavy atom. The van der Waals surface area contributed by atoms with E-state index in [1.807, 2.05) is 0 Å². The summed E-state index contributed by atoms with van der Waals surface area (Å²) in [6.45, 7) is 18.0. The maximum atomic E-state index is 11.4. The second-order valence-electron chi connectivity index (χ2n) is 17.0. The molecule has 0 saturated heterocycles. The van der Waals surface area contributed by atoms with E-state index < -0.39 is 0 Å². The number of aryl methyl sites for hydroxylation is 6. The zero-order valence-corrected chi connectivity index (χ0v) is 40.7. The Labute approximate surface area is 379 Å². The molecule has 0 fully saturated rings. The van der Waals surface area contributed by atoms with Gasteiger partial charge >= 0.3 is 16.5 Å². The van der Waals surface area contributed by atoms with E-state index in [0.29, 0.717) is 0 Å². The van der Waals surface area contributed by atoms with Gasteiger partial charge in [-0.15, -0.1) is 11.5 Å². The molecule has 0 aliphatic carbocycles. The fourth-order valence-corrected chi connectivity index (χ4v) is 8.07. The topological polar surface area (TPSA) is 70.8 Å². The van der Waals surface area contributed by atoms with Crippen LogP contribution >= 0.6 is 0 Å². The molecule has 0 spiro atoms. The van der Waals surface area contributed by atoms with Crippen molar-refractivity contribution in [3.05, 3.63) is 81.9 Å². The second-order valence-corrected chi connectivity index (χ2v) is 17.0. The first-order chi connectivity index (χ1) is 28.8. The second kappa shape index (κ2) is 34.7. The van der Waals surface area contributed by atoms with E-state index >= 15 is 0 Å². The van der Waals surface area contributed by atoms with E-state index in [2.05, 4.69) is 91.8 Å². The number of nitrogens with zero attached hydrogens (tertiary/aromatic N) is 2. The molecule has 0 heterocycles. The molecule has 5 heteroatoms. The molecular weight excluding hydrogens is 779 g/mol. The summed E-state index contributed by atoms with van der Waals surface area (Å²) in [6.07, 6.45) is 31.7. The summed E-state index contributed by atoms with van der Waals surface area (Å²) in [5.41, 5.74) is 12.8. The number of rotatable bonds is 30. The van der Waals surface area contributed by atoms with E-state index in [4.69, 9.17) is 9.98 Å². The smallest absolute Gasteiger partial charge is 0.873 e. The molecule has 338 valence electrons. The van der Waals surface area contributed by atoms with Gasteiger partial charge in [0.05, 0.1) is 22.8 Å². The summed E-state index contributed by atoms with van der Waals surface area (Å²) in [4.78, 5) is 10.8. The largest absolute Gasteiger partial charge is 2.00 e. The summed E-state index contributed by atoms with van der Waals surface area (Å²) < 4.78 is 0. The first-order valence-electron chi connectivity index (χ1n) is 24.7. The Kier molecular flexibility index (Phi) is 31.8. The van der Waals surface area contributed by atoms with Gasteiger partial charge in [-0.3, -0.25) is 9.98 Å². The van der Waals surface area contributed by atoms with Gasteiger partial charge in [-0.25, -0.2) is 0 Å². The molecule has 3 aromatic carbocycles. The van der Waals surface area contributed by atoms with Gasteiger partial charge in [0.25, 0.3) is 0 Å². The minimum Gasteiger partial charge on any atom is -0.873 e. The SMILES string of the molecule is CCCCCCCCC(=Nc1ccc(CCC)c(CCC)c1)C(CCCCCC)=Nc1ccc(CCC)c(CCC)c1.CCCCCc1cc([O-])c([O-])cc1CCCC.[Ni+2]. The quantitative estimate of drug-likeness (QED) is 0.0380. The van der Waals surface area contributed by atoms with E-state index in [-0.39, 0.29) is 28.0 Å². The maximum absolute atomic E-state index is 11.4. The van der Waals surface area contributed by atoms with Gasteiger partial charge in [0, 0.05) is 0 Å². The van der Waals surface area contributed by atoms with Crippen LogP contribution in [0.25, 0.3) is 0 Å². The van der Waals surface area contributed by atoms with Gasteiger partial charge < -0.3 is 10.2 Å². The van der Waals surface area contributed by atoms with Crippen LogP contribution in [0.2, 0.25) is 0 Å². The molecule has 3 aromatic rings. The van der Waals surface area contributed by atoms with Crippen molar-refractivity contribution in [2.24, 2.45) is 9.98 Å². The Morgan fingerprint density at radius 1 is 0.350 bits per heavy atom. The molecule has 0 radical (unpaired) electrons. The van der Waals surface area contributed by atoms with Gasteiger partial charge in [-0.05, 0) is 135 Å². The number of benzene rings is 3. The first-order valence-corrected chi connectivity index (χ1v) is 24.7. The van der Waals surface area contributed by atoms with Crippen molar-refractivity contribution in [3.63, 3.8) is 0 Å². The summed E-state index contributed by atoms with van der Waals surface area (Å²) >= 11 is 0. The molecule has 3 rings (SSSR count). The van der Waals surface area contributed by atoms with Crippen LogP contribution in [0.5, 0.6) is 11.5 Å². The van der Waals surface area contributed by atoms with Crippen LogP contribution in [0, 0.1) is 0 Å². The Hall–Kier alpha value is -2.91. The van der Waals surface area contributed by atoms with Crippen LogP contribution in [0.4, 0.5) is 11.4 Å². The summed E-state index contributed by atoms with van der Waals surface area (Å²) in [6, 6.07) is 17.1. The molecule has 0 unspecified atom stereocenters. The average Bonchev–Trinajstić information content (AvgIpc) is 3.23. The van der Waals surface area contributed by atoms with Crippen LogP contribution in [0.1, 0.15) is 224 Å². The zero-order chi connectivity index (χ0) is 43.1. The van der Waals surface area contributed by atoms with Crippen molar-refractivity contribution in [2.45, 2.75) is 229 Å². The Balaban J connectivity index is 0.000000835. The van der Waals surface area contributed by atoms with Crippen LogP contribution in [-0.2, 0) is 55.0 Å². The number of hydrogen-bond acceptors (Lipinski definition) is 4.